The number of amides is 1. The highest BCUT2D eigenvalue weighted by Gasteiger charge is 2.32. The monoisotopic (exact) mass is 282 g/mol. The molecule has 0 spiro atoms. The second-order valence-electron chi connectivity index (χ2n) is 6.66. The minimum atomic E-state index is 0.0742. The maximum absolute atomic E-state index is 12.0. The molecule has 2 aliphatic carbocycles. The lowest BCUT2D eigenvalue weighted by Gasteiger charge is -2.35. The van der Waals surface area contributed by atoms with E-state index in [1.54, 1.807) is 0 Å². The SMILES string of the molecule is NCC1(CC(=O)NCCCOCC2CC2)CCCCC1. The summed E-state index contributed by atoms with van der Waals surface area (Å²) in [6.45, 7) is 3.04. The molecule has 0 aromatic rings. The van der Waals surface area contributed by atoms with Gasteiger partial charge in [-0.1, -0.05) is 19.3 Å². The third kappa shape index (κ3) is 5.41. The summed E-state index contributed by atoms with van der Waals surface area (Å²) in [5.74, 6) is 0.986. The van der Waals surface area contributed by atoms with Crippen LogP contribution in [0.1, 0.15) is 57.8 Å². The van der Waals surface area contributed by atoms with E-state index in [4.69, 9.17) is 10.5 Å². The Balaban J connectivity index is 1.54. The van der Waals surface area contributed by atoms with Gasteiger partial charge in [-0.05, 0) is 50.0 Å². The third-order valence-electron chi connectivity index (χ3n) is 4.72. The van der Waals surface area contributed by atoms with Gasteiger partial charge in [0.05, 0.1) is 0 Å². The molecule has 0 aliphatic heterocycles. The van der Waals surface area contributed by atoms with E-state index >= 15 is 0 Å². The van der Waals surface area contributed by atoms with E-state index in [0.29, 0.717) is 13.0 Å². The summed E-state index contributed by atoms with van der Waals surface area (Å²) in [6, 6.07) is 0. The normalized spacial score (nSPS) is 21.6. The van der Waals surface area contributed by atoms with Gasteiger partial charge in [-0.3, -0.25) is 4.79 Å². The van der Waals surface area contributed by atoms with Gasteiger partial charge in [0.15, 0.2) is 0 Å². The predicted molar refractivity (Wildman–Crippen MR) is 80.4 cm³/mol. The molecule has 2 rings (SSSR count). The van der Waals surface area contributed by atoms with Crippen LogP contribution in [0.25, 0.3) is 0 Å². The number of nitrogens with two attached hydrogens (primary N) is 1. The highest BCUT2D eigenvalue weighted by molar-refractivity contribution is 5.76. The number of nitrogens with one attached hydrogen (secondary N) is 1. The van der Waals surface area contributed by atoms with Crippen LogP contribution in [0.3, 0.4) is 0 Å². The number of carbonyl (C=O) groups excluding carboxylic acids is 1. The number of carbonyl (C=O) groups is 1. The van der Waals surface area contributed by atoms with E-state index in [-0.39, 0.29) is 11.3 Å². The van der Waals surface area contributed by atoms with E-state index in [9.17, 15) is 4.79 Å². The molecule has 0 heterocycles. The molecule has 2 fully saturated rings. The van der Waals surface area contributed by atoms with Gasteiger partial charge < -0.3 is 15.8 Å². The maximum atomic E-state index is 12.0. The van der Waals surface area contributed by atoms with Gasteiger partial charge in [-0.2, -0.15) is 0 Å². The van der Waals surface area contributed by atoms with Crippen LogP contribution in [-0.4, -0.2) is 32.2 Å². The number of hydrogen-bond acceptors (Lipinski definition) is 3. The van der Waals surface area contributed by atoms with Crippen molar-refractivity contribution in [1.29, 1.82) is 0 Å². The number of rotatable bonds is 9. The summed E-state index contributed by atoms with van der Waals surface area (Å²) in [7, 11) is 0. The smallest absolute Gasteiger partial charge is 0.220 e. The standard InChI is InChI=1S/C16H30N2O2/c17-13-16(7-2-1-3-8-16)11-15(19)18-9-4-10-20-12-14-5-6-14/h14H,1-13,17H2,(H,18,19). The molecule has 2 aliphatic rings. The first-order valence-corrected chi connectivity index (χ1v) is 8.29. The fraction of sp³-hybridized carbons (Fsp3) is 0.938. The summed E-state index contributed by atoms with van der Waals surface area (Å²) in [5, 5.41) is 3.02. The van der Waals surface area contributed by atoms with Gasteiger partial charge in [0.1, 0.15) is 0 Å². The first-order chi connectivity index (χ1) is 9.74. The Morgan fingerprint density at radius 2 is 2.00 bits per heavy atom. The summed E-state index contributed by atoms with van der Waals surface area (Å²) in [5.41, 5.74) is 5.99. The van der Waals surface area contributed by atoms with Gasteiger partial charge in [0.25, 0.3) is 0 Å². The van der Waals surface area contributed by atoms with Crippen molar-refractivity contribution >= 4 is 5.91 Å². The average Bonchev–Trinajstić information content (AvgIpc) is 3.28. The summed E-state index contributed by atoms with van der Waals surface area (Å²) < 4.78 is 5.56. The first kappa shape index (κ1) is 15.8. The minimum absolute atomic E-state index is 0.0742. The van der Waals surface area contributed by atoms with Crippen molar-refractivity contribution < 1.29 is 9.53 Å². The molecule has 0 saturated heterocycles. The molecule has 4 nitrogen and oxygen atoms in total. The lowest BCUT2D eigenvalue weighted by Crippen LogP contribution is -2.39. The Kier molecular flexibility index (Phi) is 6.30. The molecular formula is C16H30N2O2. The van der Waals surface area contributed by atoms with Crippen LogP contribution in [0.15, 0.2) is 0 Å². The maximum Gasteiger partial charge on any atom is 0.220 e. The van der Waals surface area contributed by atoms with E-state index in [0.717, 1.165) is 44.9 Å². The van der Waals surface area contributed by atoms with Crippen LogP contribution in [0.5, 0.6) is 0 Å². The zero-order valence-electron chi connectivity index (χ0n) is 12.7. The predicted octanol–water partition coefficient (Wildman–Crippen LogP) is 2.22. The second kappa shape index (κ2) is 7.99. The molecule has 0 bridgehead atoms. The Morgan fingerprint density at radius 1 is 1.25 bits per heavy atom. The van der Waals surface area contributed by atoms with Crippen molar-refractivity contribution in [2.45, 2.75) is 57.8 Å². The van der Waals surface area contributed by atoms with Gasteiger partial charge in [0, 0.05) is 26.2 Å². The molecule has 0 atom stereocenters. The van der Waals surface area contributed by atoms with Crippen molar-refractivity contribution in [3.8, 4) is 0 Å². The molecule has 2 saturated carbocycles. The van der Waals surface area contributed by atoms with Crippen LogP contribution >= 0.6 is 0 Å². The average molecular weight is 282 g/mol. The summed E-state index contributed by atoms with van der Waals surface area (Å²) in [4.78, 5) is 12.0. The molecule has 0 radical (unpaired) electrons. The lowest BCUT2D eigenvalue weighted by molar-refractivity contribution is -0.123. The van der Waals surface area contributed by atoms with Gasteiger partial charge in [-0.15, -0.1) is 0 Å². The van der Waals surface area contributed by atoms with E-state index in [1.165, 1.54) is 32.1 Å². The Hall–Kier alpha value is -0.610. The molecule has 3 N–H and O–H groups in total. The van der Waals surface area contributed by atoms with E-state index < -0.39 is 0 Å². The third-order valence-corrected chi connectivity index (χ3v) is 4.72. The lowest BCUT2D eigenvalue weighted by atomic mass is 9.71. The van der Waals surface area contributed by atoms with Crippen LogP contribution in [0.4, 0.5) is 0 Å². The van der Waals surface area contributed by atoms with Gasteiger partial charge in [-0.25, -0.2) is 0 Å². The Labute approximate surface area is 122 Å². The highest BCUT2D eigenvalue weighted by Crippen LogP contribution is 2.38. The quantitative estimate of drug-likeness (QED) is 0.637. The molecule has 0 aromatic carbocycles. The number of hydrogen-bond donors (Lipinski definition) is 2. The van der Waals surface area contributed by atoms with Crippen molar-refractivity contribution in [2.24, 2.45) is 17.1 Å². The Bertz CT molecular complexity index is 297. The first-order valence-electron chi connectivity index (χ1n) is 8.29. The molecule has 0 unspecified atom stereocenters. The van der Waals surface area contributed by atoms with Crippen molar-refractivity contribution in [3.63, 3.8) is 0 Å². The van der Waals surface area contributed by atoms with E-state index in [2.05, 4.69) is 5.32 Å². The van der Waals surface area contributed by atoms with Crippen LogP contribution in [-0.2, 0) is 9.53 Å². The zero-order chi connectivity index (χ0) is 14.3. The van der Waals surface area contributed by atoms with Gasteiger partial charge >= 0.3 is 0 Å². The molecule has 20 heavy (non-hydrogen) atoms. The minimum Gasteiger partial charge on any atom is -0.381 e. The van der Waals surface area contributed by atoms with Crippen molar-refractivity contribution in [2.75, 3.05) is 26.3 Å². The van der Waals surface area contributed by atoms with Crippen molar-refractivity contribution in [3.05, 3.63) is 0 Å². The fourth-order valence-electron chi connectivity index (χ4n) is 3.09. The van der Waals surface area contributed by atoms with Crippen LogP contribution < -0.4 is 11.1 Å². The topological polar surface area (TPSA) is 64.4 Å². The molecule has 1 amide bonds. The zero-order valence-corrected chi connectivity index (χ0v) is 12.7. The van der Waals surface area contributed by atoms with Crippen LogP contribution in [0.2, 0.25) is 0 Å². The number of ether oxygens (including phenoxy) is 1. The van der Waals surface area contributed by atoms with Crippen molar-refractivity contribution in [1.82, 2.24) is 5.32 Å². The molecule has 116 valence electrons. The largest absolute Gasteiger partial charge is 0.381 e. The highest BCUT2D eigenvalue weighted by atomic mass is 16.5. The Morgan fingerprint density at radius 3 is 2.65 bits per heavy atom. The second-order valence-corrected chi connectivity index (χ2v) is 6.66. The van der Waals surface area contributed by atoms with E-state index in [1.807, 2.05) is 0 Å². The molecule has 0 aromatic heterocycles. The summed E-state index contributed by atoms with van der Waals surface area (Å²) >= 11 is 0. The van der Waals surface area contributed by atoms with Gasteiger partial charge in [0.2, 0.25) is 5.91 Å². The van der Waals surface area contributed by atoms with Crippen LogP contribution in [0, 0.1) is 11.3 Å². The fourth-order valence-corrected chi connectivity index (χ4v) is 3.09. The molecular weight excluding hydrogens is 252 g/mol. The molecule has 4 heteroatoms. The summed E-state index contributed by atoms with van der Waals surface area (Å²) in [6.07, 6.45) is 10.1.